The van der Waals surface area contributed by atoms with E-state index in [2.05, 4.69) is 17.3 Å². The largest absolute Gasteiger partial charge is 0.462 e. The average molecular weight is 381 g/mol. The van der Waals surface area contributed by atoms with Crippen LogP contribution in [0.4, 0.5) is 17.3 Å². The number of nitrogens with one attached hydrogen (secondary N) is 1. The van der Waals surface area contributed by atoms with Crippen molar-refractivity contribution in [3.8, 4) is 0 Å². The number of benzene rings is 1. The number of carbonyl (C=O) groups is 1. The van der Waals surface area contributed by atoms with E-state index in [-0.39, 0.29) is 30.4 Å². The number of nitrogen functional groups attached to an aromatic ring is 1. The molecule has 0 amide bonds. The van der Waals surface area contributed by atoms with Gasteiger partial charge in [0.25, 0.3) is 0 Å². The molecule has 1 aromatic heterocycles. The highest BCUT2D eigenvalue weighted by Crippen LogP contribution is 2.29. The fourth-order valence-electron chi connectivity index (χ4n) is 2.53. The standard InChI is InChI=1S/C18H25ClN4O3/c1-3-5-8-12(24)11-23-16(20)15(18(25)26-4-2)17(22-23)21-14-10-7-6-9-13(14)19/h6-7,9-10,12,24H,3-5,8,11,20H2,1-2H3,(H,21,22). The number of anilines is 3. The van der Waals surface area contributed by atoms with Crippen molar-refractivity contribution in [1.82, 2.24) is 9.78 Å². The molecule has 0 bridgehead atoms. The molecule has 1 heterocycles. The van der Waals surface area contributed by atoms with Crippen molar-refractivity contribution in [3.63, 3.8) is 0 Å². The van der Waals surface area contributed by atoms with E-state index < -0.39 is 12.1 Å². The van der Waals surface area contributed by atoms with Crippen LogP contribution in [-0.2, 0) is 11.3 Å². The quantitative estimate of drug-likeness (QED) is 0.574. The van der Waals surface area contributed by atoms with Gasteiger partial charge in [-0.3, -0.25) is 0 Å². The second-order valence-electron chi connectivity index (χ2n) is 5.91. The summed E-state index contributed by atoms with van der Waals surface area (Å²) in [4.78, 5) is 12.3. The number of unbranched alkanes of at least 4 members (excludes halogenated alkanes) is 1. The number of nitrogens with zero attached hydrogens (tertiary/aromatic N) is 2. The SMILES string of the molecule is CCCCC(O)Cn1nc(Nc2ccccc2Cl)c(C(=O)OCC)c1N. The van der Waals surface area contributed by atoms with E-state index in [0.717, 1.165) is 12.8 Å². The van der Waals surface area contributed by atoms with Crippen LogP contribution in [0.3, 0.4) is 0 Å². The number of ether oxygens (including phenoxy) is 1. The first-order valence-electron chi connectivity index (χ1n) is 8.70. The number of aliphatic hydroxyl groups excluding tert-OH is 1. The summed E-state index contributed by atoms with van der Waals surface area (Å²) in [5, 5.41) is 18.0. The first-order valence-corrected chi connectivity index (χ1v) is 9.08. The molecule has 0 saturated carbocycles. The summed E-state index contributed by atoms with van der Waals surface area (Å²) in [7, 11) is 0. The molecule has 0 spiro atoms. The van der Waals surface area contributed by atoms with E-state index in [1.807, 2.05) is 6.07 Å². The van der Waals surface area contributed by atoms with Crippen LogP contribution in [0.2, 0.25) is 5.02 Å². The molecule has 1 aromatic carbocycles. The third-order valence-corrected chi connectivity index (χ3v) is 4.20. The van der Waals surface area contributed by atoms with Gasteiger partial charge in [0.15, 0.2) is 5.82 Å². The average Bonchev–Trinajstić information content (AvgIpc) is 2.90. The number of para-hydroxylation sites is 1. The smallest absolute Gasteiger partial charge is 0.345 e. The predicted molar refractivity (Wildman–Crippen MR) is 103 cm³/mol. The van der Waals surface area contributed by atoms with E-state index in [4.69, 9.17) is 22.1 Å². The third-order valence-electron chi connectivity index (χ3n) is 3.87. The van der Waals surface area contributed by atoms with Crippen LogP contribution in [0.5, 0.6) is 0 Å². The maximum absolute atomic E-state index is 12.3. The number of hydrogen-bond donors (Lipinski definition) is 3. The van der Waals surface area contributed by atoms with E-state index in [1.54, 1.807) is 25.1 Å². The van der Waals surface area contributed by atoms with E-state index in [0.29, 0.717) is 17.1 Å². The number of esters is 1. The Labute approximate surface area is 158 Å². The molecule has 7 nitrogen and oxygen atoms in total. The maximum atomic E-state index is 12.3. The van der Waals surface area contributed by atoms with E-state index in [1.165, 1.54) is 4.68 Å². The van der Waals surface area contributed by atoms with Crippen LogP contribution >= 0.6 is 11.6 Å². The molecule has 142 valence electrons. The van der Waals surface area contributed by atoms with Crippen molar-refractivity contribution in [2.75, 3.05) is 17.7 Å². The fraction of sp³-hybridized carbons (Fsp3) is 0.444. The molecule has 0 fully saturated rings. The lowest BCUT2D eigenvalue weighted by atomic mass is 10.1. The normalized spacial score (nSPS) is 12.0. The number of rotatable bonds is 9. The third kappa shape index (κ3) is 4.89. The van der Waals surface area contributed by atoms with Gasteiger partial charge in [-0.05, 0) is 25.5 Å². The molecule has 0 radical (unpaired) electrons. The Kier molecular flexibility index (Phi) is 7.29. The molecule has 0 aliphatic rings. The zero-order valence-corrected chi connectivity index (χ0v) is 15.8. The molecule has 0 aliphatic carbocycles. The van der Waals surface area contributed by atoms with Gasteiger partial charge in [0.2, 0.25) is 0 Å². The Hall–Kier alpha value is -2.25. The van der Waals surface area contributed by atoms with Crippen molar-refractivity contribution < 1.29 is 14.6 Å². The van der Waals surface area contributed by atoms with Gasteiger partial charge in [0, 0.05) is 0 Å². The molecular weight excluding hydrogens is 356 g/mol. The predicted octanol–water partition coefficient (Wildman–Crippen LogP) is 3.59. The highest BCUT2D eigenvalue weighted by molar-refractivity contribution is 6.33. The fourth-order valence-corrected chi connectivity index (χ4v) is 2.71. The minimum absolute atomic E-state index is 0.134. The molecule has 1 atom stereocenters. The second-order valence-corrected chi connectivity index (χ2v) is 6.32. The van der Waals surface area contributed by atoms with Gasteiger partial charge in [-0.1, -0.05) is 43.5 Å². The zero-order valence-electron chi connectivity index (χ0n) is 15.0. The Morgan fingerprint density at radius 1 is 1.42 bits per heavy atom. The number of halogens is 1. The van der Waals surface area contributed by atoms with Crippen molar-refractivity contribution in [2.45, 2.75) is 45.8 Å². The maximum Gasteiger partial charge on any atom is 0.345 e. The first kappa shape index (κ1) is 20.1. The highest BCUT2D eigenvalue weighted by atomic mass is 35.5. The van der Waals surface area contributed by atoms with Gasteiger partial charge < -0.3 is 20.9 Å². The van der Waals surface area contributed by atoms with Crippen LogP contribution in [0.1, 0.15) is 43.5 Å². The van der Waals surface area contributed by atoms with Crippen LogP contribution in [0.15, 0.2) is 24.3 Å². The summed E-state index contributed by atoms with van der Waals surface area (Å²) in [5.74, 6) is -0.181. The first-order chi connectivity index (χ1) is 12.5. The van der Waals surface area contributed by atoms with Gasteiger partial charge in [-0.15, -0.1) is 0 Å². The molecule has 4 N–H and O–H groups in total. The number of hydrogen-bond acceptors (Lipinski definition) is 6. The monoisotopic (exact) mass is 380 g/mol. The van der Waals surface area contributed by atoms with Crippen LogP contribution in [0.25, 0.3) is 0 Å². The summed E-state index contributed by atoms with van der Waals surface area (Å²) in [6, 6.07) is 7.11. The minimum atomic E-state index is -0.597. The van der Waals surface area contributed by atoms with Gasteiger partial charge in [0.1, 0.15) is 11.4 Å². The Balaban J connectivity index is 2.34. The Bertz CT molecular complexity index is 748. The summed E-state index contributed by atoms with van der Waals surface area (Å²) in [5.41, 5.74) is 6.85. The molecule has 2 aromatic rings. The van der Waals surface area contributed by atoms with Crippen LogP contribution < -0.4 is 11.1 Å². The molecule has 2 rings (SSSR count). The summed E-state index contributed by atoms with van der Waals surface area (Å²) < 4.78 is 6.52. The number of aromatic nitrogens is 2. The molecule has 1 unspecified atom stereocenters. The van der Waals surface area contributed by atoms with Crippen LogP contribution in [0, 0.1) is 0 Å². The number of aliphatic hydroxyl groups is 1. The van der Waals surface area contributed by atoms with Crippen molar-refractivity contribution in [3.05, 3.63) is 34.9 Å². The lowest BCUT2D eigenvalue weighted by molar-refractivity contribution is 0.0528. The second kappa shape index (κ2) is 9.45. The van der Waals surface area contributed by atoms with Gasteiger partial charge in [-0.25, -0.2) is 9.48 Å². The van der Waals surface area contributed by atoms with Gasteiger partial charge in [0.05, 0.1) is 30.0 Å². The molecule has 0 aliphatic heterocycles. The lowest BCUT2D eigenvalue weighted by Gasteiger charge is -2.11. The Morgan fingerprint density at radius 3 is 2.81 bits per heavy atom. The summed E-state index contributed by atoms with van der Waals surface area (Å²) in [6.07, 6.45) is 1.93. The molecule has 0 saturated heterocycles. The van der Waals surface area contributed by atoms with Gasteiger partial charge in [-0.2, -0.15) is 5.10 Å². The number of nitrogens with two attached hydrogens (primary N) is 1. The summed E-state index contributed by atoms with van der Waals surface area (Å²) in [6.45, 7) is 4.18. The van der Waals surface area contributed by atoms with E-state index in [9.17, 15) is 9.90 Å². The molecule has 26 heavy (non-hydrogen) atoms. The van der Waals surface area contributed by atoms with Crippen molar-refractivity contribution in [1.29, 1.82) is 0 Å². The lowest BCUT2D eigenvalue weighted by Crippen LogP contribution is -2.19. The number of carbonyl (C=O) groups excluding carboxylic acids is 1. The van der Waals surface area contributed by atoms with Gasteiger partial charge >= 0.3 is 5.97 Å². The molecular formula is C18H25ClN4O3. The topological polar surface area (TPSA) is 102 Å². The van der Waals surface area contributed by atoms with Crippen molar-refractivity contribution in [2.24, 2.45) is 0 Å². The minimum Gasteiger partial charge on any atom is -0.462 e. The highest BCUT2D eigenvalue weighted by Gasteiger charge is 2.25. The van der Waals surface area contributed by atoms with Crippen molar-refractivity contribution >= 4 is 34.9 Å². The zero-order chi connectivity index (χ0) is 19.1. The summed E-state index contributed by atoms with van der Waals surface area (Å²) >= 11 is 6.17. The Morgan fingerprint density at radius 2 is 2.15 bits per heavy atom. The molecule has 8 heteroatoms. The van der Waals surface area contributed by atoms with Crippen LogP contribution in [-0.4, -0.2) is 33.6 Å². The van der Waals surface area contributed by atoms with E-state index >= 15 is 0 Å².